The minimum Gasteiger partial charge on any atom is -0.352 e. The zero-order valence-corrected chi connectivity index (χ0v) is 19.7. The van der Waals surface area contributed by atoms with E-state index in [4.69, 9.17) is 0 Å². The maximum Gasteiger partial charge on any atom is 0.242 e. The van der Waals surface area contributed by atoms with Gasteiger partial charge in [-0.3, -0.25) is 9.59 Å². The van der Waals surface area contributed by atoms with Gasteiger partial charge in [-0.05, 0) is 56.9 Å². The van der Waals surface area contributed by atoms with Crippen molar-refractivity contribution in [2.45, 2.75) is 71.5 Å². The third kappa shape index (κ3) is 6.18. The van der Waals surface area contributed by atoms with Crippen molar-refractivity contribution in [3.8, 4) is 0 Å². The molecule has 0 radical (unpaired) electrons. The molecule has 0 aliphatic heterocycles. The Balaban J connectivity index is 1.78. The van der Waals surface area contributed by atoms with Gasteiger partial charge in [-0.2, -0.15) is 0 Å². The molecule has 1 N–H and O–H groups in total. The Morgan fingerprint density at radius 2 is 1.63 bits per heavy atom. The van der Waals surface area contributed by atoms with Crippen LogP contribution in [0.2, 0.25) is 0 Å². The van der Waals surface area contributed by atoms with Crippen molar-refractivity contribution in [1.82, 2.24) is 10.2 Å². The average Bonchev–Trinajstić information content (AvgIpc) is 3.19. The second-order valence-electron chi connectivity index (χ2n) is 8.49. The van der Waals surface area contributed by atoms with Crippen molar-refractivity contribution >= 4 is 27.7 Å². The molecule has 1 saturated carbocycles. The van der Waals surface area contributed by atoms with E-state index in [1.165, 1.54) is 0 Å². The lowest BCUT2D eigenvalue weighted by molar-refractivity contribution is -0.140. The van der Waals surface area contributed by atoms with Gasteiger partial charge in [0.25, 0.3) is 0 Å². The van der Waals surface area contributed by atoms with Gasteiger partial charge in [0.2, 0.25) is 11.8 Å². The minimum atomic E-state index is -0.521. The SMILES string of the molecule is Cc1cc(C)cc(CC(=O)N(Cc2ccc(Br)cc2)[C@@H](C)C(=O)NC2CCCC2)c1. The van der Waals surface area contributed by atoms with Crippen molar-refractivity contribution < 1.29 is 9.59 Å². The highest BCUT2D eigenvalue weighted by atomic mass is 79.9. The van der Waals surface area contributed by atoms with Crippen LogP contribution in [0.4, 0.5) is 0 Å². The predicted octanol–water partition coefficient (Wildman–Crippen LogP) is 5.08. The molecule has 1 aliphatic rings. The third-order valence-corrected chi connectivity index (χ3v) is 6.30. The largest absolute Gasteiger partial charge is 0.352 e. The summed E-state index contributed by atoms with van der Waals surface area (Å²) in [5.41, 5.74) is 4.28. The third-order valence-electron chi connectivity index (χ3n) is 5.77. The summed E-state index contributed by atoms with van der Waals surface area (Å²) in [6.07, 6.45) is 4.67. The first-order valence-electron chi connectivity index (χ1n) is 10.7. The summed E-state index contributed by atoms with van der Waals surface area (Å²) in [4.78, 5) is 28.0. The van der Waals surface area contributed by atoms with E-state index in [-0.39, 0.29) is 17.9 Å². The Bertz CT molecular complexity index is 868. The molecule has 0 saturated heterocycles. The summed E-state index contributed by atoms with van der Waals surface area (Å²) < 4.78 is 0.992. The van der Waals surface area contributed by atoms with Gasteiger partial charge in [0.05, 0.1) is 6.42 Å². The van der Waals surface area contributed by atoms with Crippen LogP contribution < -0.4 is 5.32 Å². The van der Waals surface area contributed by atoms with Crippen molar-refractivity contribution in [1.29, 1.82) is 0 Å². The Morgan fingerprint density at radius 1 is 1.03 bits per heavy atom. The molecule has 2 aromatic carbocycles. The number of halogens is 1. The van der Waals surface area contributed by atoms with Crippen LogP contribution in [0.1, 0.15) is 54.9 Å². The molecule has 3 rings (SSSR count). The van der Waals surface area contributed by atoms with Crippen molar-refractivity contribution in [3.63, 3.8) is 0 Å². The predicted molar refractivity (Wildman–Crippen MR) is 124 cm³/mol. The number of aryl methyl sites for hydroxylation is 2. The summed E-state index contributed by atoms with van der Waals surface area (Å²) >= 11 is 3.45. The Labute approximate surface area is 188 Å². The molecule has 0 aromatic heterocycles. The van der Waals surface area contributed by atoms with E-state index in [0.717, 1.165) is 52.4 Å². The highest BCUT2D eigenvalue weighted by molar-refractivity contribution is 9.10. The van der Waals surface area contributed by atoms with E-state index >= 15 is 0 Å². The lowest BCUT2D eigenvalue weighted by atomic mass is 10.0. The Kier molecular flexibility index (Phi) is 7.70. The molecule has 0 heterocycles. The van der Waals surface area contributed by atoms with E-state index in [0.29, 0.717) is 13.0 Å². The van der Waals surface area contributed by atoms with E-state index in [1.54, 1.807) is 4.90 Å². The smallest absolute Gasteiger partial charge is 0.242 e. The zero-order valence-electron chi connectivity index (χ0n) is 18.1. The number of benzene rings is 2. The lowest BCUT2D eigenvalue weighted by Crippen LogP contribution is -2.50. The minimum absolute atomic E-state index is 0.0306. The molecule has 1 aliphatic carbocycles. The quantitative estimate of drug-likeness (QED) is 0.612. The van der Waals surface area contributed by atoms with Crippen molar-refractivity contribution in [2.75, 3.05) is 0 Å². The summed E-state index contributed by atoms with van der Waals surface area (Å²) in [6, 6.07) is 13.8. The number of carbonyl (C=O) groups is 2. The Morgan fingerprint density at radius 3 is 2.23 bits per heavy atom. The van der Waals surface area contributed by atoms with Gasteiger partial charge in [-0.1, -0.05) is 70.2 Å². The number of amides is 2. The molecule has 4 nitrogen and oxygen atoms in total. The fourth-order valence-electron chi connectivity index (χ4n) is 4.21. The molecule has 5 heteroatoms. The van der Waals surface area contributed by atoms with E-state index in [2.05, 4.69) is 27.3 Å². The van der Waals surface area contributed by atoms with Crippen LogP contribution in [0.25, 0.3) is 0 Å². The number of hydrogen-bond acceptors (Lipinski definition) is 2. The molecular weight excluding hydrogens is 440 g/mol. The molecule has 0 unspecified atom stereocenters. The topological polar surface area (TPSA) is 49.4 Å². The second-order valence-corrected chi connectivity index (χ2v) is 9.40. The molecule has 0 spiro atoms. The first-order chi connectivity index (χ1) is 14.3. The van der Waals surface area contributed by atoms with Gasteiger partial charge in [-0.25, -0.2) is 0 Å². The second kappa shape index (κ2) is 10.3. The molecule has 1 atom stereocenters. The average molecular weight is 471 g/mol. The van der Waals surface area contributed by atoms with Gasteiger partial charge in [0.1, 0.15) is 6.04 Å². The normalized spacial score (nSPS) is 15.1. The van der Waals surface area contributed by atoms with Crippen LogP contribution in [0, 0.1) is 13.8 Å². The lowest BCUT2D eigenvalue weighted by Gasteiger charge is -2.30. The summed E-state index contributed by atoms with van der Waals surface area (Å²) in [7, 11) is 0. The molecule has 30 heavy (non-hydrogen) atoms. The molecular formula is C25H31BrN2O2. The van der Waals surface area contributed by atoms with Crippen LogP contribution in [-0.2, 0) is 22.6 Å². The number of nitrogens with one attached hydrogen (secondary N) is 1. The number of nitrogens with zero attached hydrogens (tertiary/aromatic N) is 1. The number of rotatable bonds is 7. The number of hydrogen-bond donors (Lipinski definition) is 1. The van der Waals surface area contributed by atoms with Gasteiger partial charge in [-0.15, -0.1) is 0 Å². The first-order valence-corrected chi connectivity index (χ1v) is 11.5. The monoisotopic (exact) mass is 470 g/mol. The van der Waals surface area contributed by atoms with Crippen LogP contribution in [0.15, 0.2) is 46.9 Å². The molecule has 160 valence electrons. The first kappa shape index (κ1) is 22.5. The van der Waals surface area contributed by atoms with Crippen molar-refractivity contribution in [2.24, 2.45) is 0 Å². The summed E-state index contributed by atoms with van der Waals surface area (Å²) in [6.45, 7) is 6.33. The van der Waals surface area contributed by atoms with Crippen LogP contribution in [0.5, 0.6) is 0 Å². The molecule has 1 fully saturated rings. The van der Waals surface area contributed by atoms with Gasteiger partial charge in [0, 0.05) is 17.1 Å². The fraction of sp³-hybridized carbons (Fsp3) is 0.440. The van der Waals surface area contributed by atoms with Gasteiger partial charge < -0.3 is 10.2 Å². The van der Waals surface area contributed by atoms with Crippen LogP contribution in [0.3, 0.4) is 0 Å². The van der Waals surface area contributed by atoms with E-state index in [9.17, 15) is 9.59 Å². The number of carbonyl (C=O) groups excluding carboxylic acids is 2. The van der Waals surface area contributed by atoms with E-state index < -0.39 is 6.04 Å². The van der Waals surface area contributed by atoms with Crippen molar-refractivity contribution in [3.05, 3.63) is 69.2 Å². The molecule has 2 amide bonds. The zero-order chi connectivity index (χ0) is 21.7. The maximum absolute atomic E-state index is 13.3. The summed E-state index contributed by atoms with van der Waals surface area (Å²) in [5.74, 6) is -0.0928. The standard InChI is InChI=1S/C25H31BrN2O2/c1-17-12-18(2)14-21(13-17)15-24(29)28(16-20-8-10-22(26)11-9-20)19(3)25(30)27-23-6-4-5-7-23/h8-14,19,23H,4-7,15-16H2,1-3H3,(H,27,30)/t19-/m0/s1. The fourth-order valence-corrected chi connectivity index (χ4v) is 4.47. The maximum atomic E-state index is 13.3. The van der Waals surface area contributed by atoms with Gasteiger partial charge >= 0.3 is 0 Å². The highest BCUT2D eigenvalue weighted by Crippen LogP contribution is 2.20. The molecule has 0 bridgehead atoms. The summed E-state index contributed by atoms with van der Waals surface area (Å²) in [5, 5.41) is 3.15. The van der Waals surface area contributed by atoms with Crippen LogP contribution >= 0.6 is 15.9 Å². The van der Waals surface area contributed by atoms with Gasteiger partial charge in [0.15, 0.2) is 0 Å². The molecule has 2 aromatic rings. The van der Waals surface area contributed by atoms with Crippen LogP contribution in [-0.4, -0.2) is 28.8 Å². The van der Waals surface area contributed by atoms with E-state index in [1.807, 2.05) is 57.2 Å². The Hall–Kier alpha value is -2.14. The highest BCUT2D eigenvalue weighted by Gasteiger charge is 2.28.